The molecule has 1 heterocycles. The van der Waals surface area contributed by atoms with Crippen molar-refractivity contribution in [2.24, 2.45) is 0 Å². The number of hydrogen-bond donors (Lipinski definition) is 1. The average molecular weight is 398 g/mol. The number of halogens is 2. The van der Waals surface area contributed by atoms with Crippen LogP contribution in [0.5, 0.6) is 0 Å². The first-order valence-corrected chi connectivity index (χ1v) is 8.40. The summed E-state index contributed by atoms with van der Waals surface area (Å²) in [4.78, 5) is 39.6. The molecule has 0 bridgehead atoms. The number of H-pyrrole nitrogens is 1. The van der Waals surface area contributed by atoms with E-state index < -0.39 is 23.8 Å². The lowest BCUT2D eigenvalue weighted by atomic mass is 10.1. The maximum Gasteiger partial charge on any atom is 0.340 e. The molecule has 0 amide bonds. The van der Waals surface area contributed by atoms with E-state index in [0.717, 1.165) is 0 Å². The van der Waals surface area contributed by atoms with Gasteiger partial charge in [-0.05, 0) is 44.5 Å². The van der Waals surface area contributed by atoms with Gasteiger partial charge in [-0.1, -0.05) is 23.2 Å². The minimum Gasteiger partial charge on any atom is -0.465 e. The number of esters is 2. The van der Waals surface area contributed by atoms with Crippen LogP contribution in [0.2, 0.25) is 10.0 Å². The van der Waals surface area contributed by atoms with E-state index in [0.29, 0.717) is 16.3 Å². The molecule has 0 radical (unpaired) electrons. The predicted molar refractivity (Wildman–Crippen MR) is 97.3 cm³/mol. The van der Waals surface area contributed by atoms with Crippen LogP contribution < -0.4 is 0 Å². The second-order valence-corrected chi connectivity index (χ2v) is 6.50. The molecule has 0 saturated carbocycles. The molecule has 0 aliphatic rings. The summed E-state index contributed by atoms with van der Waals surface area (Å²) >= 11 is 11.8. The molecule has 0 spiro atoms. The van der Waals surface area contributed by atoms with Gasteiger partial charge in [0.1, 0.15) is 0 Å². The lowest BCUT2D eigenvalue weighted by Crippen LogP contribution is -2.25. The number of aromatic amines is 1. The molecule has 1 N–H and O–H groups in total. The summed E-state index contributed by atoms with van der Waals surface area (Å²) in [7, 11) is 1.26. The van der Waals surface area contributed by atoms with Crippen LogP contribution >= 0.6 is 23.2 Å². The first-order chi connectivity index (χ1) is 12.2. The first kappa shape index (κ1) is 20.0. The molecule has 1 aromatic heterocycles. The number of carbonyl (C=O) groups is 3. The van der Waals surface area contributed by atoms with Crippen LogP contribution in [0.1, 0.15) is 49.4 Å². The number of nitrogens with one attached hydrogen (secondary N) is 1. The van der Waals surface area contributed by atoms with E-state index in [1.165, 1.54) is 32.2 Å². The smallest absolute Gasteiger partial charge is 0.340 e. The van der Waals surface area contributed by atoms with E-state index in [9.17, 15) is 14.4 Å². The third-order valence-corrected chi connectivity index (χ3v) is 4.44. The Hall–Kier alpha value is -2.31. The van der Waals surface area contributed by atoms with E-state index in [1.807, 2.05) is 0 Å². The third-order valence-electron chi connectivity index (χ3n) is 3.87. The lowest BCUT2D eigenvalue weighted by molar-refractivity contribution is 0.0317. The number of Topliss-reactive ketones (excluding diaryl/α,β-unsaturated/α-hetero) is 1. The Morgan fingerprint density at radius 3 is 2.38 bits per heavy atom. The summed E-state index contributed by atoms with van der Waals surface area (Å²) < 4.78 is 9.93. The van der Waals surface area contributed by atoms with Crippen molar-refractivity contribution in [2.75, 3.05) is 7.11 Å². The Kier molecular flexibility index (Phi) is 6.10. The van der Waals surface area contributed by atoms with Gasteiger partial charge in [-0.25, -0.2) is 9.59 Å². The number of hydrogen-bond acceptors (Lipinski definition) is 5. The van der Waals surface area contributed by atoms with Crippen LogP contribution in [0, 0.1) is 13.8 Å². The van der Waals surface area contributed by atoms with Crippen molar-refractivity contribution in [1.82, 2.24) is 4.98 Å². The van der Waals surface area contributed by atoms with Crippen LogP contribution in [0.4, 0.5) is 0 Å². The van der Waals surface area contributed by atoms with Gasteiger partial charge in [0, 0.05) is 10.7 Å². The fourth-order valence-electron chi connectivity index (χ4n) is 2.54. The summed E-state index contributed by atoms with van der Waals surface area (Å²) in [6.45, 7) is 4.70. The van der Waals surface area contributed by atoms with Crippen molar-refractivity contribution in [2.45, 2.75) is 26.9 Å². The molecule has 1 aromatic carbocycles. The number of methoxy groups -OCH3 is 1. The molecule has 2 rings (SSSR count). The van der Waals surface area contributed by atoms with Gasteiger partial charge in [0.05, 0.1) is 29.0 Å². The molecule has 0 aliphatic carbocycles. The highest BCUT2D eigenvalue weighted by atomic mass is 35.5. The van der Waals surface area contributed by atoms with Gasteiger partial charge in [0.15, 0.2) is 6.10 Å². The number of aryl methyl sites for hydroxylation is 1. The number of carbonyl (C=O) groups excluding carboxylic acids is 3. The van der Waals surface area contributed by atoms with Crippen molar-refractivity contribution in [3.63, 3.8) is 0 Å². The highest BCUT2D eigenvalue weighted by molar-refractivity contribution is 6.35. The fraction of sp³-hybridized carbons (Fsp3) is 0.278. The van der Waals surface area contributed by atoms with Gasteiger partial charge in [-0.3, -0.25) is 4.79 Å². The van der Waals surface area contributed by atoms with Crippen molar-refractivity contribution in [3.05, 3.63) is 56.3 Å². The minimum absolute atomic E-state index is 0.0634. The average Bonchev–Trinajstić information content (AvgIpc) is 2.89. The van der Waals surface area contributed by atoms with Crippen molar-refractivity contribution < 1.29 is 23.9 Å². The Bertz CT molecular complexity index is 888. The molecule has 6 nitrogen and oxygen atoms in total. The second kappa shape index (κ2) is 7.93. The summed E-state index contributed by atoms with van der Waals surface area (Å²) in [5.41, 5.74) is 1.46. The molecule has 138 valence electrons. The maximum absolute atomic E-state index is 12.6. The molecule has 0 unspecified atom stereocenters. The quantitative estimate of drug-likeness (QED) is 0.604. The van der Waals surface area contributed by atoms with Crippen LogP contribution in [-0.4, -0.2) is 35.9 Å². The van der Waals surface area contributed by atoms with E-state index in [2.05, 4.69) is 4.98 Å². The van der Waals surface area contributed by atoms with Crippen molar-refractivity contribution >= 4 is 40.9 Å². The first-order valence-electron chi connectivity index (χ1n) is 7.65. The number of ether oxygens (including phenoxy) is 2. The van der Waals surface area contributed by atoms with Gasteiger partial charge in [-0.2, -0.15) is 0 Å². The molecule has 1 atom stereocenters. The second-order valence-electron chi connectivity index (χ2n) is 5.65. The van der Waals surface area contributed by atoms with Crippen molar-refractivity contribution in [3.8, 4) is 0 Å². The van der Waals surface area contributed by atoms with Gasteiger partial charge in [0.2, 0.25) is 5.78 Å². The largest absolute Gasteiger partial charge is 0.465 e. The normalized spacial score (nSPS) is 11.8. The monoisotopic (exact) mass is 397 g/mol. The molecular weight excluding hydrogens is 381 g/mol. The van der Waals surface area contributed by atoms with Crippen LogP contribution in [0.25, 0.3) is 0 Å². The Balaban J connectivity index is 2.24. The lowest BCUT2D eigenvalue weighted by Gasteiger charge is -2.13. The van der Waals surface area contributed by atoms with Crippen LogP contribution in [0.15, 0.2) is 18.2 Å². The Morgan fingerprint density at radius 1 is 1.12 bits per heavy atom. The number of ketones is 1. The van der Waals surface area contributed by atoms with Gasteiger partial charge < -0.3 is 14.5 Å². The molecule has 8 heteroatoms. The summed E-state index contributed by atoms with van der Waals surface area (Å²) in [6.07, 6.45) is -1.10. The van der Waals surface area contributed by atoms with E-state index in [1.54, 1.807) is 13.8 Å². The minimum atomic E-state index is -1.10. The summed E-state index contributed by atoms with van der Waals surface area (Å²) in [5.74, 6) is -1.80. The number of aromatic nitrogens is 1. The van der Waals surface area contributed by atoms with Crippen LogP contribution in [-0.2, 0) is 9.47 Å². The van der Waals surface area contributed by atoms with E-state index >= 15 is 0 Å². The zero-order valence-electron chi connectivity index (χ0n) is 14.6. The molecular formula is C18H17Cl2NO5. The van der Waals surface area contributed by atoms with Gasteiger partial charge in [-0.15, -0.1) is 0 Å². The standard InChI is InChI=1S/C18H17Cl2NO5/c1-8-14(18(24)25-4)9(2)21-15(8)16(22)10(3)26-17(23)12-7-11(19)5-6-13(12)20/h5-7,10,21H,1-4H3/t10-/m0/s1. The Labute approximate surface area is 160 Å². The van der Waals surface area contributed by atoms with E-state index in [4.69, 9.17) is 32.7 Å². The molecule has 0 saturated heterocycles. The van der Waals surface area contributed by atoms with Gasteiger partial charge in [0.25, 0.3) is 0 Å². The zero-order valence-corrected chi connectivity index (χ0v) is 16.1. The SMILES string of the molecule is COC(=O)c1c(C)[nH]c(C(=O)[C@H](C)OC(=O)c2cc(Cl)ccc2Cl)c1C. The zero-order chi connectivity index (χ0) is 19.6. The maximum atomic E-state index is 12.6. The third kappa shape index (κ3) is 3.92. The topological polar surface area (TPSA) is 85.5 Å². The van der Waals surface area contributed by atoms with Crippen LogP contribution in [0.3, 0.4) is 0 Å². The highest BCUT2D eigenvalue weighted by Crippen LogP contribution is 2.24. The number of rotatable bonds is 5. The van der Waals surface area contributed by atoms with Gasteiger partial charge >= 0.3 is 11.9 Å². The Morgan fingerprint density at radius 2 is 1.77 bits per heavy atom. The number of benzene rings is 1. The molecule has 26 heavy (non-hydrogen) atoms. The molecule has 0 fully saturated rings. The van der Waals surface area contributed by atoms with Crippen molar-refractivity contribution in [1.29, 1.82) is 0 Å². The summed E-state index contributed by atoms with van der Waals surface area (Å²) in [5, 5.41) is 0.484. The summed E-state index contributed by atoms with van der Waals surface area (Å²) in [6, 6.07) is 4.37. The predicted octanol–water partition coefficient (Wildman–Crippen LogP) is 4.15. The van der Waals surface area contributed by atoms with E-state index in [-0.39, 0.29) is 21.8 Å². The highest BCUT2D eigenvalue weighted by Gasteiger charge is 2.28. The molecule has 2 aromatic rings. The molecule has 0 aliphatic heterocycles. The fourth-order valence-corrected chi connectivity index (χ4v) is 2.91.